The molecule has 4 N–H and O–H groups in total. The Labute approximate surface area is 154 Å². The van der Waals surface area contributed by atoms with Gasteiger partial charge < -0.3 is 18.4 Å². The molecule has 1 aromatic carbocycles. The number of hydrazine groups is 1. The maximum Gasteiger partial charge on any atom is 0.225 e. The van der Waals surface area contributed by atoms with Crippen LogP contribution in [-0.4, -0.2) is 20.1 Å². The first kappa shape index (κ1) is 18.4. The first-order valence-corrected chi connectivity index (χ1v) is 9.47. The summed E-state index contributed by atoms with van der Waals surface area (Å²) in [5.74, 6) is 1.80. The van der Waals surface area contributed by atoms with Crippen molar-refractivity contribution >= 4 is 34.0 Å². The second kappa shape index (κ2) is 7.46. The van der Waals surface area contributed by atoms with Gasteiger partial charge in [0.05, 0.1) is 11.4 Å². The molecule has 26 heavy (non-hydrogen) atoms. The van der Waals surface area contributed by atoms with Crippen LogP contribution in [0.4, 0.5) is 23.1 Å². The minimum Gasteiger partial charge on any atom is -0.454 e. The van der Waals surface area contributed by atoms with Crippen LogP contribution in [0.15, 0.2) is 34.7 Å². The van der Waals surface area contributed by atoms with E-state index in [2.05, 4.69) is 51.3 Å². The summed E-state index contributed by atoms with van der Waals surface area (Å²) in [4.78, 5) is 9.13. The number of nitrogens with zero attached hydrogens (tertiary/aromatic N) is 3. The fourth-order valence-electron chi connectivity index (χ4n) is 2.34. The average Bonchev–Trinajstić information content (AvgIpc) is 3.37. The lowest BCUT2D eigenvalue weighted by Gasteiger charge is -2.21. The van der Waals surface area contributed by atoms with Gasteiger partial charge in [-0.15, -0.1) is 0 Å². The van der Waals surface area contributed by atoms with Crippen molar-refractivity contribution in [2.45, 2.75) is 45.1 Å². The first-order valence-electron chi connectivity index (χ1n) is 8.40. The molecular weight excluding hydrogens is 352 g/mol. The molecule has 0 atom stereocenters. The van der Waals surface area contributed by atoms with Crippen LogP contribution < -0.4 is 16.2 Å². The van der Waals surface area contributed by atoms with Crippen LogP contribution in [0.25, 0.3) is 0 Å². The number of aromatic nitrogens is 2. The van der Waals surface area contributed by atoms with E-state index in [-0.39, 0.29) is 5.54 Å². The third-order valence-corrected chi connectivity index (χ3v) is 3.98. The van der Waals surface area contributed by atoms with Gasteiger partial charge in [-0.05, 0) is 57.9 Å². The van der Waals surface area contributed by atoms with Crippen LogP contribution in [0.2, 0.25) is 0 Å². The van der Waals surface area contributed by atoms with Gasteiger partial charge >= 0.3 is 0 Å². The summed E-state index contributed by atoms with van der Waals surface area (Å²) in [6.45, 7) is 6.20. The molecule has 0 radical (unpaired) electrons. The van der Waals surface area contributed by atoms with Gasteiger partial charge in [-0.25, -0.2) is 4.98 Å². The zero-order valence-corrected chi connectivity index (χ0v) is 15.8. The number of hydrogen-bond acceptors (Lipinski definition) is 8. The van der Waals surface area contributed by atoms with Gasteiger partial charge in [-0.2, -0.15) is 4.98 Å². The summed E-state index contributed by atoms with van der Waals surface area (Å²) in [6, 6.07) is 8.78. The number of benzene rings is 1. The lowest BCUT2D eigenvalue weighted by Crippen LogP contribution is -2.28. The predicted octanol–water partition coefficient (Wildman–Crippen LogP) is 4.26. The van der Waals surface area contributed by atoms with Crippen molar-refractivity contribution in [3.63, 3.8) is 0 Å². The number of nitrogens with one attached hydrogen (secondary N) is 3. The third kappa shape index (κ3) is 5.57. The monoisotopic (exact) mass is 375 g/mol. The Morgan fingerprint density at radius 3 is 2.42 bits per heavy atom. The Morgan fingerprint density at radius 1 is 1.15 bits per heavy atom. The molecule has 0 unspecified atom stereocenters. The molecule has 0 bridgehead atoms. The van der Waals surface area contributed by atoms with Crippen molar-refractivity contribution in [1.82, 2.24) is 9.97 Å². The lowest BCUT2D eigenvalue weighted by molar-refractivity contribution is 0.529. The molecule has 8 nitrogen and oxygen atoms in total. The van der Waals surface area contributed by atoms with Gasteiger partial charge in [0, 0.05) is 23.2 Å². The van der Waals surface area contributed by atoms with Gasteiger partial charge in [-0.3, -0.25) is 10.9 Å². The second-order valence-electron chi connectivity index (χ2n) is 7.27. The van der Waals surface area contributed by atoms with E-state index in [0.717, 1.165) is 24.2 Å². The quantitative estimate of drug-likeness (QED) is 0.339. The van der Waals surface area contributed by atoms with Crippen LogP contribution in [-0.2, 0) is 15.1 Å². The van der Waals surface area contributed by atoms with Gasteiger partial charge in [0.25, 0.3) is 0 Å². The van der Waals surface area contributed by atoms with Crippen LogP contribution >= 0.6 is 0 Å². The highest BCUT2D eigenvalue weighted by atomic mass is 32.2. The normalized spacial score (nSPS) is 15.5. The molecule has 0 amide bonds. The van der Waals surface area contributed by atoms with Crippen LogP contribution in [0.1, 0.15) is 45.2 Å². The van der Waals surface area contributed by atoms with Crippen molar-refractivity contribution in [1.29, 1.82) is 0 Å². The fourth-order valence-corrected chi connectivity index (χ4v) is 2.64. The van der Waals surface area contributed by atoms with Crippen LogP contribution in [0.3, 0.4) is 0 Å². The number of rotatable bonds is 6. The molecule has 1 fully saturated rings. The molecule has 0 saturated heterocycles. The van der Waals surface area contributed by atoms with Crippen molar-refractivity contribution in [2.75, 3.05) is 16.2 Å². The van der Waals surface area contributed by atoms with Crippen LogP contribution in [0.5, 0.6) is 0 Å². The summed E-state index contributed by atoms with van der Waals surface area (Å²) >= 11 is 0. The second-order valence-corrected chi connectivity index (χ2v) is 7.91. The van der Waals surface area contributed by atoms with Gasteiger partial charge in [-0.1, -0.05) is 10.9 Å². The molecule has 1 saturated carbocycles. The highest BCUT2D eigenvalue weighted by Gasteiger charge is 2.26. The zero-order valence-electron chi connectivity index (χ0n) is 15.0. The highest BCUT2D eigenvalue weighted by molar-refractivity contribution is 7.68. The Bertz CT molecular complexity index is 853. The van der Waals surface area contributed by atoms with E-state index in [1.165, 1.54) is 0 Å². The smallest absolute Gasteiger partial charge is 0.225 e. The SMILES string of the molecule is CC(C)(C)Nc1nc(NNc2ccc(N=[S-](=O)O)cc2)cc(C2CC2)n1. The average molecular weight is 375 g/mol. The van der Waals surface area contributed by atoms with E-state index in [1.54, 1.807) is 24.3 Å². The van der Waals surface area contributed by atoms with Gasteiger partial charge in [0.2, 0.25) is 5.95 Å². The number of hydrogen-bond donors (Lipinski definition) is 4. The molecule has 0 aliphatic heterocycles. The number of anilines is 3. The van der Waals surface area contributed by atoms with Crippen molar-refractivity contribution in [3.05, 3.63) is 36.0 Å². The first-order chi connectivity index (χ1) is 12.3. The van der Waals surface area contributed by atoms with E-state index in [0.29, 0.717) is 23.4 Å². The summed E-state index contributed by atoms with van der Waals surface area (Å²) in [5, 5.41) is 3.31. The summed E-state index contributed by atoms with van der Waals surface area (Å²) in [7, 11) is -2.20. The Morgan fingerprint density at radius 2 is 1.85 bits per heavy atom. The molecule has 9 heteroatoms. The Kier molecular flexibility index (Phi) is 5.28. The standard InChI is InChI=1S/C17H23N6O2S/c1-17(2,3)20-16-18-14(11-4-5-11)10-15(19-16)22-21-12-6-8-13(9-7-12)23-26(24)25/h6-11,21H,4-5H2,1-3H3,(H,23,24,25)(H2,18,19,20,22)/q-1. The summed E-state index contributed by atoms with van der Waals surface area (Å²) in [6.07, 6.45) is 2.33. The van der Waals surface area contributed by atoms with Crippen molar-refractivity contribution in [3.8, 4) is 0 Å². The molecule has 1 heterocycles. The van der Waals surface area contributed by atoms with Gasteiger partial charge in [0.1, 0.15) is 5.82 Å². The zero-order chi connectivity index (χ0) is 18.7. The highest BCUT2D eigenvalue weighted by Crippen LogP contribution is 2.40. The maximum atomic E-state index is 10.7. The molecule has 1 aliphatic rings. The molecule has 140 valence electrons. The molecule has 1 aromatic heterocycles. The minimum absolute atomic E-state index is 0.126. The van der Waals surface area contributed by atoms with E-state index >= 15 is 0 Å². The van der Waals surface area contributed by atoms with E-state index < -0.39 is 10.9 Å². The topological polar surface area (TPSA) is 112 Å². The molecular formula is C17H23N6O2S-. The molecule has 2 aromatic rings. The largest absolute Gasteiger partial charge is 0.454 e. The van der Waals surface area contributed by atoms with Gasteiger partial charge in [0.15, 0.2) is 0 Å². The molecule has 1 aliphatic carbocycles. The molecule has 0 spiro atoms. The van der Waals surface area contributed by atoms with E-state index in [1.807, 2.05) is 6.07 Å². The van der Waals surface area contributed by atoms with E-state index in [4.69, 9.17) is 4.55 Å². The fraction of sp³-hybridized carbons (Fsp3) is 0.412. The molecule has 3 rings (SSSR count). The lowest BCUT2D eigenvalue weighted by atomic mass is 10.1. The Balaban J connectivity index is 1.72. The summed E-state index contributed by atoms with van der Waals surface area (Å²) < 4.78 is 23.0. The Hall–Kier alpha value is -2.39. The predicted molar refractivity (Wildman–Crippen MR) is 104 cm³/mol. The minimum atomic E-state index is -2.20. The van der Waals surface area contributed by atoms with Crippen molar-refractivity contribution in [2.24, 2.45) is 4.36 Å². The maximum absolute atomic E-state index is 10.7. The summed E-state index contributed by atoms with van der Waals surface area (Å²) in [5.41, 5.74) is 8.29. The van der Waals surface area contributed by atoms with E-state index in [9.17, 15) is 4.21 Å². The van der Waals surface area contributed by atoms with Crippen LogP contribution in [0, 0.1) is 0 Å². The van der Waals surface area contributed by atoms with Crippen molar-refractivity contribution < 1.29 is 8.76 Å². The third-order valence-electron chi connectivity index (χ3n) is 3.61.